The number of aliphatic imine (C=N–C) groups is 1. The smallest absolute Gasteiger partial charge is 0.273 e. The Morgan fingerprint density at radius 3 is 2.41 bits per heavy atom. The minimum absolute atomic E-state index is 0.0399. The number of carbonyl (C=O) groups excluding carboxylic acids is 2. The molecule has 1 heterocycles. The standard InChI is InChI=1S/C20H12F2N2O2S/c21-15-9-4-10-16(22)18(15)24-17(25)11-27-20(24)23-19(26)14-8-3-6-12-5-1-2-7-13(12)14/h1-10H,11H2. The third kappa shape index (κ3) is 3.10. The Kier molecular flexibility index (Phi) is 4.45. The zero-order valence-electron chi connectivity index (χ0n) is 13.9. The van der Waals surface area contributed by atoms with Gasteiger partial charge in [-0.2, -0.15) is 4.99 Å². The maximum absolute atomic E-state index is 14.1. The minimum Gasteiger partial charge on any atom is -0.273 e. The summed E-state index contributed by atoms with van der Waals surface area (Å²) in [5.41, 5.74) is -0.161. The number of anilines is 1. The molecule has 0 bridgehead atoms. The van der Waals surface area contributed by atoms with Gasteiger partial charge in [-0.3, -0.25) is 14.5 Å². The molecule has 27 heavy (non-hydrogen) atoms. The molecular weight excluding hydrogens is 370 g/mol. The fourth-order valence-corrected chi connectivity index (χ4v) is 3.78. The second-order valence-electron chi connectivity index (χ2n) is 5.81. The third-order valence-electron chi connectivity index (χ3n) is 4.14. The number of fused-ring (bicyclic) bond motifs is 1. The fourth-order valence-electron chi connectivity index (χ4n) is 2.93. The molecule has 0 saturated carbocycles. The van der Waals surface area contributed by atoms with E-state index in [0.29, 0.717) is 10.9 Å². The first-order chi connectivity index (χ1) is 13.1. The van der Waals surface area contributed by atoms with Gasteiger partial charge in [-0.1, -0.05) is 54.2 Å². The number of para-hydroxylation sites is 1. The van der Waals surface area contributed by atoms with Gasteiger partial charge in [0.15, 0.2) is 5.17 Å². The molecule has 1 fully saturated rings. The molecule has 1 saturated heterocycles. The van der Waals surface area contributed by atoms with Gasteiger partial charge < -0.3 is 0 Å². The molecule has 0 N–H and O–H groups in total. The highest BCUT2D eigenvalue weighted by molar-refractivity contribution is 8.15. The normalized spacial score (nSPS) is 15.7. The van der Waals surface area contributed by atoms with Crippen LogP contribution in [0.1, 0.15) is 10.4 Å². The monoisotopic (exact) mass is 382 g/mol. The lowest BCUT2D eigenvalue weighted by Gasteiger charge is -2.17. The minimum atomic E-state index is -0.892. The van der Waals surface area contributed by atoms with Crippen LogP contribution in [0.15, 0.2) is 65.7 Å². The van der Waals surface area contributed by atoms with Gasteiger partial charge in [0.05, 0.1) is 5.75 Å². The first kappa shape index (κ1) is 17.4. The van der Waals surface area contributed by atoms with Crippen molar-refractivity contribution >= 4 is 45.2 Å². The maximum atomic E-state index is 14.1. The summed E-state index contributed by atoms with van der Waals surface area (Å²) in [5.74, 6) is -2.94. The van der Waals surface area contributed by atoms with Crippen LogP contribution in [0.2, 0.25) is 0 Å². The number of amidine groups is 1. The topological polar surface area (TPSA) is 49.7 Å². The van der Waals surface area contributed by atoms with Gasteiger partial charge in [0, 0.05) is 5.56 Å². The van der Waals surface area contributed by atoms with Crippen molar-refractivity contribution in [3.63, 3.8) is 0 Å². The molecule has 7 heteroatoms. The van der Waals surface area contributed by atoms with Crippen LogP contribution in [-0.4, -0.2) is 22.7 Å². The summed E-state index contributed by atoms with van der Waals surface area (Å²) in [6.07, 6.45) is 0. The average molecular weight is 382 g/mol. The summed E-state index contributed by atoms with van der Waals surface area (Å²) in [6, 6.07) is 15.9. The quantitative estimate of drug-likeness (QED) is 0.660. The van der Waals surface area contributed by atoms with Crippen molar-refractivity contribution in [3.8, 4) is 0 Å². The predicted molar refractivity (Wildman–Crippen MR) is 102 cm³/mol. The van der Waals surface area contributed by atoms with Gasteiger partial charge in [0.2, 0.25) is 5.91 Å². The van der Waals surface area contributed by atoms with E-state index in [1.807, 2.05) is 18.2 Å². The summed E-state index contributed by atoms with van der Waals surface area (Å²) >= 11 is 0.971. The van der Waals surface area contributed by atoms with Gasteiger partial charge >= 0.3 is 0 Å². The lowest BCUT2D eigenvalue weighted by Crippen LogP contribution is -2.31. The van der Waals surface area contributed by atoms with Gasteiger partial charge in [-0.25, -0.2) is 8.78 Å². The molecular formula is C20H12F2N2O2S. The van der Waals surface area contributed by atoms with E-state index in [1.54, 1.807) is 24.3 Å². The number of hydrogen-bond donors (Lipinski definition) is 0. The lowest BCUT2D eigenvalue weighted by molar-refractivity contribution is -0.115. The van der Waals surface area contributed by atoms with E-state index < -0.39 is 29.1 Å². The van der Waals surface area contributed by atoms with E-state index in [9.17, 15) is 18.4 Å². The maximum Gasteiger partial charge on any atom is 0.280 e. The molecule has 0 unspecified atom stereocenters. The average Bonchev–Trinajstić information content (AvgIpc) is 3.01. The molecule has 3 aromatic rings. The lowest BCUT2D eigenvalue weighted by atomic mass is 10.0. The number of halogens is 2. The Bertz CT molecular complexity index is 1090. The largest absolute Gasteiger partial charge is 0.280 e. The van der Waals surface area contributed by atoms with E-state index >= 15 is 0 Å². The number of thioether (sulfide) groups is 1. The summed E-state index contributed by atoms with van der Waals surface area (Å²) in [7, 11) is 0. The molecule has 4 rings (SSSR count). The fraction of sp³-hybridized carbons (Fsp3) is 0.0500. The van der Waals surface area contributed by atoms with Crippen LogP contribution in [0.5, 0.6) is 0 Å². The van der Waals surface area contributed by atoms with E-state index in [1.165, 1.54) is 6.07 Å². The number of nitrogens with zero attached hydrogens (tertiary/aromatic N) is 2. The van der Waals surface area contributed by atoms with Crippen LogP contribution in [0.3, 0.4) is 0 Å². The van der Waals surface area contributed by atoms with E-state index in [2.05, 4.69) is 4.99 Å². The van der Waals surface area contributed by atoms with Crippen molar-refractivity contribution in [2.75, 3.05) is 10.7 Å². The molecule has 0 radical (unpaired) electrons. The molecule has 1 aliphatic rings. The van der Waals surface area contributed by atoms with Crippen molar-refractivity contribution in [2.45, 2.75) is 0 Å². The van der Waals surface area contributed by atoms with Gasteiger partial charge in [-0.05, 0) is 29.0 Å². The van der Waals surface area contributed by atoms with Crippen molar-refractivity contribution in [1.82, 2.24) is 0 Å². The second-order valence-corrected chi connectivity index (χ2v) is 6.76. The van der Waals surface area contributed by atoms with Crippen molar-refractivity contribution in [3.05, 3.63) is 77.9 Å². The molecule has 1 aliphatic heterocycles. The highest BCUT2D eigenvalue weighted by atomic mass is 32.2. The summed E-state index contributed by atoms with van der Waals surface area (Å²) in [6.45, 7) is 0. The van der Waals surface area contributed by atoms with Gasteiger partial charge in [0.1, 0.15) is 17.3 Å². The number of benzene rings is 3. The third-order valence-corrected chi connectivity index (χ3v) is 5.07. The molecule has 0 aromatic heterocycles. The second kappa shape index (κ2) is 6.92. The van der Waals surface area contributed by atoms with Crippen LogP contribution >= 0.6 is 11.8 Å². The Hall–Kier alpha value is -3.06. The van der Waals surface area contributed by atoms with Gasteiger partial charge in [0.25, 0.3) is 5.91 Å². The summed E-state index contributed by atoms with van der Waals surface area (Å²) < 4.78 is 28.3. The highest BCUT2D eigenvalue weighted by Gasteiger charge is 2.34. The number of amides is 2. The first-order valence-corrected chi connectivity index (χ1v) is 9.05. The number of rotatable bonds is 2. The zero-order chi connectivity index (χ0) is 19.0. The van der Waals surface area contributed by atoms with Crippen LogP contribution < -0.4 is 4.90 Å². The summed E-state index contributed by atoms with van der Waals surface area (Å²) in [5, 5.41) is 1.55. The van der Waals surface area contributed by atoms with Crippen LogP contribution in [0, 0.1) is 11.6 Å². The molecule has 0 spiro atoms. The molecule has 134 valence electrons. The molecule has 4 nitrogen and oxygen atoms in total. The van der Waals surface area contributed by atoms with Crippen molar-refractivity contribution < 1.29 is 18.4 Å². The number of hydrogen-bond acceptors (Lipinski definition) is 3. The van der Waals surface area contributed by atoms with E-state index in [4.69, 9.17) is 0 Å². The van der Waals surface area contributed by atoms with Crippen LogP contribution in [0.4, 0.5) is 14.5 Å². The Morgan fingerprint density at radius 2 is 1.63 bits per heavy atom. The van der Waals surface area contributed by atoms with E-state index in [0.717, 1.165) is 34.2 Å². The SMILES string of the molecule is O=C(N=C1SCC(=O)N1c1c(F)cccc1F)c1cccc2ccccc12. The summed E-state index contributed by atoms with van der Waals surface area (Å²) in [4.78, 5) is 29.8. The van der Waals surface area contributed by atoms with Crippen LogP contribution in [-0.2, 0) is 4.79 Å². The van der Waals surface area contributed by atoms with Gasteiger partial charge in [-0.15, -0.1) is 0 Å². The predicted octanol–water partition coefficient (Wildman–Crippen LogP) is 4.39. The highest BCUT2D eigenvalue weighted by Crippen LogP contribution is 2.31. The number of carbonyl (C=O) groups is 2. The Morgan fingerprint density at radius 1 is 0.963 bits per heavy atom. The van der Waals surface area contributed by atoms with E-state index in [-0.39, 0.29) is 10.9 Å². The first-order valence-electron chi connectivity index (χ1n) is 8.07. The van der Waals surface area contributed by atoms with Crippen LogP contribution in [0.25, 0.3) is 10.8 Å². The zero-order valence-corrected chi connectivity index (χ0v) is 14.7. The Labute approximate surface area is 157 Å². The molecule has 2 amide bonds. The molecule has 0 aliphatic carbocycles. The van der Waals surface area contributed by atoms with Crippen molar-refractivity contribution in [2.24, 2.45) is 4.99 Å². The molecule has 3 aromatic carbocycles. The van der Waals surface area contributed by atoms with Crippen molar-refractivity contribution in [1.29, 1.82) is 0 Å². The Balaban J connectivity index is 1.78. The molecule has 0 atom stereocenters.